The lowest BCUT2D eigenvalue weighted by Gasteiger charge is -2.27. The molecule has 3 aliphatic heterocycles. The first-order valence-corrected chi connectivity index (χ1v) is 11.0. The fraction of sp³-hybridized carbons (Fsp3) is 0.417. The molecule has 8 nitrogen and oxygen atoms in total. The molecule has 3 aliphatic rings. The zero-order chi connectivity index (χ0) is 22.1. The first-order valence-electron chi connectivity index (χ1n) is 11.0. The second kappa shape index (κ2) is 8.80. The van der Waals surface area contributed by atoms with Crippen molar-refractivity contribution >= 4 is 17.4 Å². The minimum atomic E-state index is -0.232. The molecule has 1 amide bonds. The Hall–Kier alpha value is -3.10. The quantitative estimate of drug-likeness (QED) is 0.531. The van der Waals surface area contributed by atoms with Crippen molar-refractivity contribution in [1.29, 1.82) is 5.41 Å². The Morgan fingerprint density at radius 1 is 0.906 bits per heavy atom. The topological polar surface area (TPSA) is 107 Å². The third kappa shape index (κ3) is 4.16. The van der Waals surface area contributed by atoms with Crippen LogP contribution < -0.4 is 20.1 Å². The summed E-state index contributed by atoms with van der Waals surface area (Å²) in [7, 11) is 0. The molecule has 0 unspecified atom stereocenters. The van der Waals surface area contributed by atoms with Crippen LogP contribution in [0.4, 0.5) is 5.69 Å². The molecule has 168 valence electrons. The van der Waals surface area contributed by atoms with Crippen LogP contribution in [0.3, 0.4) is 0 Å². The van der Waals surface area contributed by atoms with Crippen molar-refractivity contribution in [2.45, 2.75) is 43.7 Å². The van der Waals surface area contributed by atoms with Crippen LogP contribution in [0, 0.1) is 5.41 Å². The number of anilines is 1. The zero-order valence-corrected chi connectivity index (χ0v) is 17.7. The molecule has 2 aromatic rings. The van der Waals surface area contributed by atoms with E-state index in [4.69, 9.17) is 30.1 Å². The average Bonchev–Trinajstić information content (AvgIpc) is 3.39. The fourth-order valence-electron chi connectivity index (χ4n) is 4.48. The van der Waals surface area contributed by atoms with Gasteiger partial charge in [0, 0.05) is 24.2 Å². The number of amidine groups is 1. The van der Waals surface area contributed by atoms with Crippen molar-refractivity contribution in [1.82, 2.24) is 0 Å². The number of hydrogen-bond donors (Lipinski definition) is 2. The molecular weight excluding hydrogens is 410 g/mol. The molecule has 32 heavy (non-hydrogen) atoms. The molecule has 3 fully saturated rings. The van der Waals surface area contributed by atoms with Gasteiger partial charge in [0.05, 0.1) is 13.2 Å². The van der Waals surface area contributed by atoms with Gasteiger partial charge in [-0.05, 0) is 61.4 Å². The minimum Gasteiger partial charge on any atom is -0.485 e. The zero-order valence-electron chi connectivity index (χ0n) is 17.7. The van der Waals surface area contributed by atoms with E-state index in [9.17, 15) is 4.79 Å². The summed E-state index contributed by atoms with van der Waals surface area (Å²) in [6.07, 6.45) is 1.74. The Labute approximate surface area is 186 Å². The Balaban J connectivity index is 1.18. The summed E-state index contributed by atoms with van der Waals surface area (Å²) < 4.78 is 24.1. The van der Waals surface area contributed by atoms with Crippen LogP contribution in [-0.4, -0.2) is 55.9 Å². The van der Waals surface area contributed by atoms with Crippen LogP contribution in [0.25, 0.3) is 0 Å². The van der Waals surface area contributed by atoms with Gasteiger partial charge in [0.15, 0.2) is 12.2 Å². The van der Waals surface area contributed by atoms with Gasteiger partial charge in [-0.1, -0.05) is 0 Å². The normalized spacial score (nSPS) is 27.2. The minimum absolute atomic E-state index is 0.0236. The molecule has 3 N–H and O–H groups in total. The van der Waals surface area contributed by atoms with Crippen LogP contribution in [0.1, 0.15) is 24.8 Å². The number of nitrogens with two attached hydrogens (primary N) is 1. The molecule has 3 heterocycles. The SMILES string of the molecule is N=C(N)c1ccc(O[C@H]2CO[C@H]3[C@@H]2OC[C@H]3Oc2ccc(N3CCCCC3=O)cc2)cc1. The number of hydrogen-bond acceptors (Lipinski definition) is 6. The van der Waals surface area contributed by atoms with Crippen LogP contribution in [0.5, 0.6) is 11.5 Å². The summed E-state index contributed by atoms with van der Waals surface area (Å²) in [6, 6.07) is 14.7. The lowest BCUT2D eigenvalue weighted by molar-refractivity contribution is -0.119. The van der Waals surface area contributed by atoms with Crippen LogP contribution in [0.2, 0.25) is 0 Å². The average molecular weight is 437 g/mol. The molecule has 0 aliphatic carbocycles. The number of ether oxygens (including phenoxy) is 4. The largest absolute Gasteiger partial charge is 0.485 e. The van der Waals surface area contributed by atoms with Crippen molar-refractivity contribution < 1.29 is 23.7 Å². The van der Waals surface area contributed by atoms with E-state index in [2.05, 4.69) is 0 Å². The number of rotatable bonds is 6. The summed E-state index contributed by atoms with van der Waals surface area (Å²) in [5.74, 6) is 1.61. The van der Waals surface area contributed by atoms with Crippen molar-refractivity contribution in [2.75, 3.05) is 24.7 Å². The number of nitrogen functional groups attached to an aromatic ring is 1. The Morgan fingerprint density at radius 2 is 1.47 bits per heavy atom. The maximum atomic E-state index is 12.1. The van der Waals surface area contributed by atoms with Crippen molar-refractivity contribution in [3.8, 4) is 11.5 Å². The second-order valence-electron chi connectivity index (χ2n) is 8.34. The number of fused-ring (bicyclic) bond motifs is 1. The first-order chi connectivity index (χ1) is 15.6. The third-order valence-electron chi connectivity index (χ3n) is 6.17. The van der Waals surface area contributed by atoms with E-state index in [1.807, 2.05) is 29.2 Å². The predicted octanol–water partition coefficient (Wildman–Crippen LogP) is 2.48. The molecule has 3 saturated heterocycles. The first kappa shape index (κ1) is 20.8. The van der Waals surface area contributed by atoms with Gasteiger partial charge in [-0.15, -0.1) is 0 Å². The van der Waals surface area contributed by atoms with Gasteiger partial charge >= 0.3 is 0 Å². The summed E-state index contributed by atoms with van der Waals surface area (Å²) >= 11 is 0. The number of carbonyl (C=O) groups excluding carboxylic acids is 1. The lowest BCUT2D eigenvalue weighted by Crippen LogP contribution is -2.36. The fourth-order valence-corrected chi connectivity index (χ4v) is 4.48. The highest BCUT2D eigenvalue weighted by atomic mass is 16.6. The van der Waals surface area contributed by atoms with Crippen LogP contribution in [-0.2, 0) is 14.3 Å². The number of piperidine rings is 1. The Bertz CT molecular complexity index is 978. The van der Waals surface area contributed by atoms with Gasteiger partial charge in [0.2, 0.25) is 5.91 Å². The van der Waals surface area contributed by atoms with Crippen molar-refractivity contribution in [2.24, 2.45) is 5.73 Å². The van der Waals surface area contributed by atoms with E-state index in [-0.39, 0.29) is 36.2 Å². The maximum absolute atomic E-state index is 12.1. The number of carbonyl (C=O) groups is 1. The summed E-state index contributed by atoms with van der Waals surface area (Å²) in [5, 5.41) is 7.48. The highest BCUT2D eigenvalue weighted by Gasteiger charge is 2.50. The predicted molar refractivity (Wildman–Crippen MR) is 118 cm³/mol. The Kier molecular flexibility index (Phi) is 5.71. The smallest absolute Gasteiger partial charge is 0.226 e. The van der Waals surface area contributed by atoms with E-state index in [1.165, 1.54) is 0 Å². The molecule has 5 rings (SSSR count). The van der Waals surface area contributed by atoms with Crippen LogP contribution in [0.15, 0.2) is 48.5 Å². The number of amides is 1. The monoisotopic (exact) mass is 437 g/mol. The summed E-state index contributed by atoms with van der Waals surface area (Å²) in [5.41, 5.74) is 7.06. The summed E-state index contributed by atoms with van der Waals surface area (Å²) in [4.78, 5) is 14.0. The van der Waals surface area contributed by atoms with E-state index in [0.717, 1.165) is 30.8 Å². The van der Waals surface area contributed by atoms with Crippen molar-refractivity contribution in [3.05, 3.63) is 54.1 Å². The number of benzene rings is 2. The van der Waals surface area contributed by atoms with Gasteiger partial charge in [-0.3, -0.25) is 10.2 Å². The van der Waals surface area contributed by atoms with Gasteiger partial charge in [0.25, 0.3) is 0 Å². The van der Waals surface area contributed by atoms with Crippen LogP contribution >= 0.6 is 0 Å². The summed E-state index contributed by atoms with van der Waals surface area (Å²) in [6.45, 7) is 1.61. The molecule has 0 bridgehead atoms. The maximum Gasteiger partial charge on any atom is 0.226 e. The van der Waals surface area contributed by atoms with Gasteiger partial charge in [0.1, 0.15) is 29.5 Å². The van der Waals surface area contributed by atoms with Gasteiger partial charge < -0.3 is 29.6 Å². The molecule has 8 heteroatoms. The van der Waals surface area contributed by atoms with Gasteiger partial charge in [-0.2, -0.15) is 0 Å². The molecular formula is C24H27N3O5. The lowest BCUT2D eigenvalue weighted by atomic mass is 10.1. The molecule has 0 aromatic heterocycles. The second-order valence-corrected chi connectivity index (χ2v) is 8.34. The molecule has 0 saturated carbocycles. The molecule has 2 aromatic carbocycles. The van der Waals surface area contributed by atoms with Crippen molar-refractivity contribution in [3.63, 3.8) is 0 Å². The van der Waals surface area contributed by atoms with E-state index < -0.39 is 0 Å². The third-order valence-corrected chi connectivity index (χ3v) is 6.17. The highest BCUT2D eigenvalue weighted by Crippen LogP contribution is 2.33. The van der Waals surface area contributed by atoms with E-state index in [1.54, 1.807) is 24.3 Å². The molecule has 0 radical (unpaired) electrons. The highest BCUT2D eigenvalue weighted by molar-refractivity contribution is 5.95. The standard InChI is InChI=1S/C24H27N3O5/c25-24(26)15-4-8-17(9-5-15)31-19-13-29-23-20(14-30-22(19)23)32-18-10-6-16(7-11-18)27-12-2-1-3-21(27)28/h4-11,19-20,22-23H,1-3,12-14H2,(H3,25,26)/t19-,20+,22+,23+/m0/s1. The van der Waals surface area contributed by atoms with E-state index >= 15 is 0 Å². The number of nitrogens with zero attached hydrogens (tertiary/aromatic N) is 1. The number of nitrogens with one attached hydrogen (secondary N) is 1. The van der Waals surface area contributed by atoms with E-state index in [0.29, 0.717) is 30.9 Å². The molecule has 4 atom stereocenters. The Morgan fingerprint density at radius 3 is 2.00 bits per heavy atom. The van der Waals surface area contributed by atoms with Gasteiger partial charge in [-0.25, -0.2) is 0 Å². The molecule has 0 spiro atoms.